The summed E-state index contributed by atoms with van der Waals surface area (Å²) >= 11 is 1.66. The number of nitrogens with zero attached hydrogens (tertiary/aromatic N) is 1. The first kappa shape index (κ1) is 10.3. The molecule has 0 fully saturated rings. The van der Waals surface area contributed by atoms with Gasteiger partial charge in [0.05, 0.1) is 5.25 Å². The van der Waals surface area contributed by atoms with Gasteiger partial charge in [0.2, 0.25) is 0 Å². The molecule has 0 N–H and O–H groups in total. The normalized spacial score (nSPS) is 22.7. The summed E-state index contributed by atoms with van der Waals surface area (Å²) in [7, 11) is 0. The van der Waals surface area contributed by atoms with Crippen LogP contribution in [0.3, 0.4) is 0 Å². The van der Waals surface area contributed by atoms with Gasteiger partial charge in [-0.1, -0.05) is 17.8 Å². The molecule has 1 atom stereocenters. The number of hydrogen-bond donors (Lipinski definition) is 0. The van der Waals surface area contributed by atoms with Crippen LogP contribution in [0, 0.1) is 0 Å². The minimum Gasteiger partial charge on any atom is -0.299 e. The zero-order valence-corrected chi connectivity index (χ0v) is 10.3. The van der Waals surface area contributed by atoms with Crippen LogP contribution >= 0.6 is 11.8 Å². The SMILES string of the molecule is CC(=O)C1Cc2cc3c(nc2S1)CCCC3. The molecule has 2 heterocycles. The number of ketones is 1. The number of carbonyl (C=O) groups is 1. The van der Waals surface area contributed by atoms with Gasteiger partial charge in [-0.05, 0) is 50.2 Å². The molecular formula is C13H15NOS. The second kappa shape index (κ2) is 3.88. The van der Waals surface area contributed by atoms with Crippen molar-refractivity contribution in [1.29, 1.82) is 0 Å². The molecule has 3 heteroatoms. The van der Waals surface area contributed by atoms with E-state index in [0.29, 0.717) is 0 Å². The van der Waals surface area contributed by atoms with E-state index >= 15 is 0 Å². The summed E-state index contributed by atoms with van der Waals surface area (Å²) in [5.41, 5.74) is 4.00. The standard InChI is InChI=1S/C13H15NOS/c1-8(15)12-7-10-6-9-4-2-3-5-11(9)14-13(10)16-12/h6,12H,2-5,7H2,1H3. The van der Waals surface area contributed by atoms with Gasteiger partial charge in [0.15, 0.2) is 0 Å². The van der Waals surface area contributed by atoms with E-state index in [2.05, 4.69) is 6.07 Å². The van der Waals surface area contributed by atoms with Gasteiger partial charge >= 0.3 is 0 Å². The molecule has 0 aromatic carbocycles. The molecule has 1 aliphatic carbocycles. The molecule has 1 unspecified atom stereocenters. The van der Waals surface area contributed by atoms with Crippen LogP contribution in [0.1, 0.15) is 36.6 Å². The lowest BCUT2D eigenvalue weighted by molar-refractivity contribution is -0.116. The highest BCUT2D eigenvalue weighted by molar-refractivity contribution is 8.00. The Kier molecular flexibility index (Phi) is 2.51. The zero-order valence-electron chi connectivity index (χ0n) is 9.45. The Morgan fingerprint density at radius 3 is 3.00 bits per heavy atom. The van der Waals surface area contributed by atoms with Crippen LogP contribution < -0.4 is 0 Å². The molecule has 0 radical (unpaired) electrons. The van der Waals surface area contributed by atoms with Crippen LogP contribution in [0.2, 0.25) is 0 Å². The molecular weight excluding hydrogens is 218 g/mol. The minimum atomic E-state index is 0.117. The lowest BCUT2D eigenvalue weighted by Gasteiger charge is -2.15. The Morgan fingerprint density at radius 1 is 1.38 bits per heavy atom. The van der Waals surface area contributed by atoms with Gasteiger partial charge in [-0.25, -0.2) is 4.98 Å². The number of Topliss-reactive ketones (excluding diaryl/α,β-unsaturated/α-hetero) is 1. The molecule has 1 aromatic rings. The van der Waals surface area contributed by atoms with Crippen molar-refractivity contribution >= 4 is 17.5 Å². The molecule has 2 nitrogen and oxygen atoms in total. The van der Waals surface area contributed by atoms with Crippen molar-refractivity contribution in [3.05, 3.63) is 22.9 Å². The molecule has 0 saturated carbocycles. The largest absolute Gasteiger partial charge is 0.299 e. The molecule has 0 saturated heterocycles. The van der Waals surface area contributed by atoms with Gasteiger partial charge in [-0.3, -0.25) is 4.79 Å². The van der Waals surface area contributed by atoms with Gasteiger partial charge in [0.25, 0.3) is 0 Å². The molecule has 1 aliphatic heterocycles. The van der Waals surface area contributed by atoms with Crippen LogP contribution in [0.15, 0.2) is 11.1 Å². The number of aromatic nitrogens is 1. The fraction of sp³-hybridized carbons (Fsp3) is 0.538. The summed E-state index contributed by atoms with van der Waals surface area (Å²) in [6.07, 6.45) is 5.73. The average Bonchev–Trinajstić information content (AvgIpc) is 2.68. The molecule has 1 aromatic heterocycles. The van der Waals surface area contributed by atoms with Crippen LogP contribution in [0.25, 0.3) is 0 Å². The zero-order chi connectivity index (χ0) is 11.1. The quantitative estimate of drug-likeness (QED) is 0.746. The van der Waals surface area contributed by atoms with Gasteiger partial charge < -0.3 is 0 Å². The number of thioether (sulfide) groups is 1. The topological polar surface area (TPSA) is 30.0 Å². The second-order valence-corrected chi connectivity index (χ2v) is 5.88. The van der Waals surface area contributed by atoms with E-state index in [4.69, 9.17) is 4.98 Å². The van der Waals surface area contributed by atoms with Gasteiger partial charge in [0, 0.05) is 5.69 Å². The lowest BCUT2D eigenvalue weighted by Crippen LogP contribution is -2.11. The number of aryl methyl sites for hydroxylation is 2. The van der Waals surface area contributed by atoms with Gasteiger partial charge in [-0.2, -0.15) is 0 Å². The Balaban J connectivity index is 1.96. The number of pyridine rings is 1. The van der Waals surface area contributed by atoms with E-state index in [0.717, 1.165) is 17.9 Å². The number of hydrogen-bond acceptors (Lipinski definition) is 3. The molecule has 0 amide bonds. The Morgan fingerprint density at radius 2 is 2.19 bits per heavy atom. The van der Waals surface area contributed by atoms with E-state index < -0.39 is 0 Å². The monoisotopic (exact) mass is 233 g/mol. The summed E-state index contributed by atoms with van der Waals surface area (Å²) in [6, 6.07) is 2.30. The predicted octanol–water partition coefficient (Wildman–Crippen LogP) is 2.57. The molecule has 16 heavy (non-hydrogen) atoms. The van der Waals surface area contributed by atoms with Gasteiger partial charge in [0.1, 0.15) is 10.8 Å². The van der Waals surface area contributed by atoms with Crippen molar-refractivity contribution in [2.75, 3.05) is 0 Å². The lowest BCUT2D eigenvalue weighted by atomic mass is 9.94. The number of fused-ring (bicyclic) bond motifs is 2. The van der Waals surface area contributed by atoms with Crippen LogP contribution in [0.4, 0.5) is 0 Å². The van der Waals surface area contributed by atoms with E-state index in [9.17, 15) is 4.79 Å². The third-order valence-electron chi connectivity index (χ3n) is 3.45. The van der Waals surface area contributed by atoms with E-state index in [1.54, 1.807) is 18.7 Å². The van der Waals surface area contributed by atoms with E-state index in [-0.39, 0.29) is 11.0 Å². The Bertz CT molecular complexity index is 420. The third kappa shape index (κ3) is 1.67. The highest BCUT2D eigenvalue weighted by Crippen LogP contribution is 2.38. The maximum Gasteiger partial charge on any atom is 0.143 e. The summed E-state index contributed by atoms with van der Waals surface area (Å²) in [5.74, 6) is 0.279. The fourth-order valence-electron chi connectivity index (χ4n) is 2.51. The third-order valence-corrected chi connectivity index (χ3v) is 4.81. The maximum atomic E-state index is 11.4. The van der Waals surface area contributed by atoms with Crippen LogP contribution in [-0.4, -0.2) is 16.0 Å². The van der Waals surface area contributed by atoms with Crippen molar-refractivity contribution in [1.82, 2.24) is 4.98 Å². The smallest absolute Gasteiger partial charge is 0.143 e. The van der Waals surface area contributed by atoms with E-state index in [1.807, 2.05) is 0 Å². The van der Waals surface area contributed by atoms with Crippen LogP contribution in [0.5, 0.6) is 0 Å². The predicted molar refractivity (Wildman–Crippen MR) is 64.9 cm³/mol. The maximum absolute atomic E-state index is 11.4. The highest BCUT2D eigenvalue weighted by Gasteiger charge is 2.28. The number of carbonyl (C=O) groups excluding carboxylic acids is 1. The fourth-order valence-corrected chi connectivity index (χ4v) is 3.67. The minimum absolute atomic E-state index is 0.117. The first-order valence-electron chi connectivity index (χ1n) is 5.93. The second-order valence-electron chi connectivity index (χ2n) is 4.69. The molecule has 2 aliphatic rings. The summed E-state index contributed by atoms with van der Waals surface area (Å²) in [4.78, 5) is 16.1. The Labute approximate surface area is 99.8 Å². The van der Waals surface area contributed by atoms with Gasteiger partial charge in [-0.15, -0.1) is 0 Å². The van der Waals surface area contributed by atoms with E-state index in [1.165, 1.54) is 36.1 Å². The molecule has 84 valence electrons. The first-order valence-corrected chi connectivity index (χ1v) is 6.81. The molecule has 3 rings (SSSR count). The summed E-state index contributed by atoms with van der Waals surface area (Å²) in [6.45, 7) is 1.68. The first-order chi connectivity index (χ1) is 7.74. The number of rotatable bonds is 1. The molecule has 0 bridgehead atoms. The summed E-state index contributed by atoms with van der Waals surface area (Å²) < 4.78 is 0. The Hall–Kier alpha value is -0.830. The van der Waals surface area contributed by atoms with Crippen LogP contribution in [-0.2, 0) is 24.1 Å². The van der Waals surface area contributed by atoms with Crippen molar-refractivity contribution in [3.8, 4) is 0 Å². The molecule has 0 spiro atoms. The summed E-state index contributed by atoms with van der Waals surface area (Å²) in [5, 5.41) is 1.23. The van der Waals surface area contributed by atoms with Crippen molar-refractivity contribution in [2.24, 2.45) is 0 Å². The van der Waals surface area contributed by atoms with Crippen molar-refractivity contribution < 1.29 is 4.79 Å². The average molecular weight is 233 g/mol. The van der Waals surface area contributed by atoms with Crippen molar-refractivity contribution in [3.63, 3.8) is 0 Å². The van der Waals surface area contributed by atoms with Crippen molar-refractivity contribution in [2.45, 2.75) is 49.3 Å². The highest BCUT2D eigenvalue weighted by atomic mass is 32.2.